The van der Waals surface area contributed by atoms with Crippen LogP contribution in [0.2, 0.25) is 0 Å². The van der Waals surface area contributed by atoms with Crippen molar-refractivity contribution in [2.45, 2.75) is 26.4 Å². The maximum atomic E-state index is 13.0. The Bertz CT molecular complexity index is 712. The Morgan fingerprint density at radius 1 is 1.16 bits per heavy atom. The molecule has 7 heteroatoms. The van der Waals surface area contributed by atoms with E-state index < -0.39 is 11.7 Å². The molecule has 1 aromatic heterocycles. The van der Waals surface area contributed by atoms with Crippen LogP contribution < -0.4 is 10.6 Å². The van der Waals surface area contributed by atoms with Gasteiger partial charge in [0.1, 0.15) is 5.69 Å². The van der Waals surface area contributed by atoms with E-state index in [2.05, 4.69) is 29.5 Å². The third-order valence-corrected chi connectivity index (χ3v) is 3.51. The second-order valence-electron chi connectivity index (χ2n) is 6.04. The SMILES string of the molecule is CC(C)CCNC(=O)c1ccc(Nc2ccccc2C(F)(F)F)cn1. The highest BCUT2D eigenvalue weighted by molar-refractivity contribution is 5.92. The number of rotatable bonds is 6. The van der Waals surface area contributed by atoms with Gasteiger partial charge in [-0.15, -0.1) is 0 Å². The summed E-state index contributed by atoms with van der Waals surface area (Å²) < 4.78 is 39.0. The fraction of sp³-hybridized carbons (Fsp3) is 0.333. The van der Waals surface area contributed by atoms with E-state index in [0.29, 0.717) is 18.2 Å². The number of anilines is 2. The first kappa shape index (κ1) is 18.8. The molecule has 1 heterocycles. The van der Waals surface area contributed by atoms with Gasteiger partial charge in [0.05, 0.1) is 23.1 Å². The predicted octanol–water partition coefficient (Wildman–Crippen LogP) is 4.62. The lowest BCUT2D eigenvalue weighted by molar-refractivity contribution is -0.136. The van der Waals surface area contributed by atoms with Gasteiger partial charge < -0.3 is 10.6 Å². The summed E-state index contributed by atoms with van der Waals surface area (Å²) in [5.74, 6) is 0.177. The molecule has 0 unspecified atom stereocenters. The van der Waals surface area contributed by atoms with E-state index in [-0.39, 0.29) is 17.3 Å². The number of nitrogens with zero attached hydrogens (tertiary/aromatic N) is 1. The fourth-order valence-electron chi connectivity index (χ4n) is 2.16. The molecule has 1 aromatic carbocycles. The number of amides is 1. The smallest absolute Gasteiger partial charge is 0.354 e. The zero-order valence-corrected chi connectivity index (χ0v) is 14.0. The number of carbonyl (C=O) groups excluding carboxylic acids is 1. The van der Waals surface area contributed by atoms with Gasteiger partial charge in [-0.25, -0.2) is 4.98 Å². The summed E-state index contributed by atoms with van der Waals surface area (Å²) in [6.07, 6.45) is -2.25. The number of hydrogen-bond donors (Lipinski definition) is 2. The molecule has 2 rings (SSSR count). The molecule has 0 aliphatic carbocycles. The molecule has 0 saturated carbocycles. The minimum absolute atomic E-state index is 0.0639. The molecule has 0 atom stereocenters. The molecule has 25 heavy (non-hydrogen) atoms. The minimum atomic E-state index is -4.45. The third-order valence-electron chi connectivity index (χ3n) is 3.51. The van der Waals surface area contributed by atoms with Gasteiger partial charge in [-0.1, -0.05) is 26.0 Å². The number of halogens is 3. The maximum absolute atomic E-state index is 13.0. The second kappa shape index (κ2) is 8.00. The summed E-state index contributed by atoms with van der Waals surface area (Å²) in [6, 6.07) is 8.20. The van der Waals surface area contributed by atoms with Crippen molar-refractivity contribution < 1.29 is 18.0 Å². The topological polar surface area (TPSA) is 54.0 Å². The average Bonchev–Trinajstić information content (AvgIpc) is 2.54. The summed E-state index contributed by atoms with van der Waals surface area (Å²) in [6.45, 7) is 4.67. The summed E-state index contributed by atoms with van der Waals surface area (Å²) in [5, 5.41) is 5.45. The number of carbonyl (C=O) groups is 1. The number of benzene rings is 1. The van der Waals surface area contributed by atoms with Crippen molar-refractivity contribution in [1.82, 2.24) is 10.3 Å². The van der Waals surface area contributed by atoms with Crippen LogP contribution in [0.15, 0.2) is 42.6 Å². The molecule has 0 aliphatic heterocycles. The van der Waals surface area contributed by atoms with Crippen LogP contribution in [0.1, 0.15) is 36.3 Å². The predicted molar refractivity (Wildman–Crippen MR) is 90.8 cm³/mol. The molecule has 2 aromatic rings. The lowest BCUT2D eigenvalue weighted by Crippen LogP contribution is -2.26. The molecular formula is C18H20F3N3O. The Balaban J connectivity index is 2.05. The van der Waals surface area contributed by atoms with Gasteiger partial charge in [-0.05, 0) is 36.6 Å². The van der Waals surface area contributed by atoms with Crippen molar-refractivity contribution in [3.8, 4) is 0 Å². The highest BCUT2D eigenvalue weighted by atomic mass is 19.4. The zero-order valence-electron chi connectivity index (χ0n) is 14.0. The van der Waals surface area contributed by atoms with E-state index >= 15 is 0 Å². The number of pyridine rings is 1. The highest BCUT2D eigenvalue weighted by Gasteiger charge is 2.33. The summed E-state index contributed by atoms with van der Waals surface area (Å²) in [4.78, 5) is 15.9. The van der Waals surface area contributed by atoms with E-state index in [1.165, 1.54) is 36.5 Å². The van der Waals surface area contributed by atoms with E-state index in [1.807, 2.05) is 0 Å². The van der Waals surface area contributed by atoms with Crippen molar-refractivity contribution in [2.24, 2.45) is 5.92 Å². The van der Waals surface area contributed by atoms with Gasteiger partial charge in [0.2, 0.25) is 0 Å². The van der Waals surface area contributed by atoms with Gasteiger partial charge in [0.15, 0.2) is 0 Å². The largest absolute Gasteiger partial charge is 0.418 e. The summed E-state index contributed by atoms with van der Waals surface area (Å²) in [7, 11) is 0. The van der Waals surface area contributed by atoms with Crippen LogP contribution in [0.5, 0.6) is 0 Å². The molecule has 0 bridgehead atoms. The molecule has 0 saturated heterocycles. The number of alkyl halides is 3. The third kappa shape index (κ3) is 5.48. The standard InChI is InChI=1S/C18H20F3N3O/c1-12(2)9-10-22-17(25)16-8-7-13(11-23-16)24-15-6-4-3-5-14(15)18(19,20)21/h3-8,11-12,24H,9-10H2,1-2H3,(H,22,25). The maximum Gasteiger partial charge on any atom is 0.418 e. The van der Waals surface area contributed by atoms with Crippen LogP contribution in [0.25, 0.3) is 0 Å². The average molecular weight is 351 g/mol. The Morgan fingerprint density at radius 2 is 1.88 bits per heavy atom. The van der Waals surface area contributed by atoms with Crippen LogP contribution >= 0.6 is 0 Å². The van der Waals surface area contributed by atoms with Crippen LogP contribution in [-0.2, 0) is 6.18 Å². The molecular weight excluding hydrogens is 331 g/mol. The van der Waals surface area contributed by atoms with Gasteiger partial charge >= 0.3 is 6.18 Å². The first-order valence-electron chi connectivity index (χ1n) is 7.95. The molecule has 134 valence electrons. The van der Waals surface area contributed by atoms with Crippen molar-refractivity contribution in [3.05, 3.63) is 53.9 Å². The Morgan fingerprint density at radius 3 is 2.48 bits per heavy atom. The van der Waals surface area contributed by atoms with Gasteiger partial charge in [0.25, 0.3) is 5.91 Å². The second-order valence-corrected chi connectivity index (χ2v) is 6.04. The van der Waals surface area contributed by atoms with Crippen molar-refractivity contribution in [2.75, 3.05) is 11.9 Å². The quantitative estimate of drug-likeness (QED) is 0.798. The van der Waals surface area contributed by atoms with Crippen LogP contribution in [0, 0.1) is 5.92 Å². The molecule has 2 N–H and O–H groups in total. The number of para-hydroxylation sites is 1. The number of nitrogens with one attached hydrogen (secondary N) is 2. The Labute approximate surface area is 144 Å². The monoisotopic (exact) mass is 351 g/mol. The van der Waals surface area contributed by atoms with E-state index in [4.69, 9.17) is 0 Å². The van der Waals surface area contributed by atoms with E-state index in [9.17, 15) is 18.0 Å². The van der Waals surface area contributed by atoms with Crippen LogP contribution in [0.3, 0.4) is 0 Å². The van der Waals surface area contributed by atoms with Gasteiger partial charge in [0, 0.05) is 6.54 Å². The van der Waals surface area contributed by atoms with Crippen molar-refractivity contribution in [3.63, 3.8) is 0 Å². The first-order chi connectivity index (χ1) is 11.8. The van der Waals surface area contributed by atoms with Crippen LogP contribution in [-0.4, -0.2) is 17.4 Å². The number of hydrogen-bond acceptors (Lipinski definition) is 3. The lowest BCUT2D eigenvalue weighted by atomic mass is 10.1. The fourth-order valence-corrected chi connectivity index (χ4v) is 2.16. The lowest BCUT2D eigenvalue weighted by Gasteiger charge is -2.14. The summed E-state index contributed by atoms with van der Waals surface area (Å²) in [5.41, 5.74) is -0.231. The molecule has 0 fully saturated rings. The molecule has 0 spiro atoms. The summed E-state index contributed by atoms with van der Waals surface area (Å²) >= 11 is 0. The van der Waals surface area contributed by atoms with Crippen molar-refractivity contribution in [1.29, 1.82) is 0 Å². The van der Waals surface area contributed by atoms with E-state index in [1.54, 1.807) is 0 Å². The van der Waals surface area contributed by atoms with Crippen LogP contribution in [0.4, 0.5) is 24.5 Å². The normalized spacial score (nSPS) is 11.4. The molecule has 1 amide bonds. The molecule has 4 nitrogen and oxygen atoms in total. The minimum Gasteiger partial charge on any atom is -0.354 e. The Hall–Kier alpha value is -2.57. The van der Waals surface area contributed by atoms with Crippen molar-refractivity contribution >= 4 is 17.3 Å². The first-order valence-corrected chi connectivity index (χ1v) is 7.95. The van der Waals surface area contributed by atoms with Gasteiger partial charge in [-0.3, -0.25) is 4.79 Å². The highest BCUT2D eigenvalue weighted by Crippen LogP contribution is 2.35. The molecule has 0 radical (unpaired) electrons. The number of aromatic nitrogens is 1. The Kier molecular flexibility index (Phi) is 6.01. The zero-order chi connectivity index (χ0) is 18.4. The van der Waals surface area contributed by atoms with E-state index in [0.717, 1.165) is 12.5 Å². The van der Waals surface area contributed by atoms with Gasteiger partial charge in [-0.2, -0.15) is 13.2 Å². The molecule has 0 aliphatic rings.